The monoisotopic (exact) mass is 193 g/mol. The lowest BCUT2D eigenvalue weighted by Crippen LogP contribution is -2.37. The molecule has 1 aliphatic carbocycles. The fraction of sp³-hybridized carbons (Fsp3) is 0.875. The van der Waals surface area contributed by atoms with Crippen molar-refractivity contribution in [2.24, 2.45) is 0 Å². The second-order valence-corrected chi connectivity index (χ2v) is 3.19. The third-order valence-electron chi connectivity index (χ3n) is 2.42. The van der Waals surface area contributed by atoms with Crippen LogP contribution in [0.3, 0.4) is 0 Å². The van der Waals surface area contributed by atoms with Crippen molar-refractivity contribution in [2.75, 3.05) is 7.05 Å². The maximum absolute atomic E-state index is 10.5. The molecule has 1 fully saturated rings. The minimum atomic E-state index is -0.795. The quantitative estimate of drug-likeness (QED) is 0.695. The third-order valence-corrected chi connectivity index (χ3v) is 2.42. The van der Waals surface area contributed by atoms with Crippen molar-refractivity contribution in [2.45, 2.75) is 38.1 Å². The highest BCUT2D eigenvalue weighted by atomic mass is 35.5. The van der Waals surface area contributed by atoms with Crippen LogP contribution in [-0.2, 0) is 0 Å². The molecule has 4 heteroatoms. The molecule has 0 spiro atoms. The highest BCUT2D eigenvalue weighted by molar-refractivity contribution is 5.85. The molecule has 0 bridgehead atoms. The van der Waals surface area contributed by atoms with E-state index in [1.165, 1.54) is 24.2 Å². The minimum Gasteiger partial charge on any atom is -0.465 e. The summed E-state index contributed by atoms with van der Waals surface area (Å²) in [6.45, 7) is 0. The highest BCUT2D eigenvalue weighted by Gasteiger charge is 2.20. The molecular formula is C8H16ClNO2. The van der Waals surface area contributed by atoms with E-state index >= 15 is 0 Å². The normalized spacial score (nSPS) is 18.1. The van der Waals surface area contributed by atoms with E-state index in [1.54, 1.807) is 7.05 Å². The summed E-state index contributed by atoms with van der Waals surface area (Å²) in [6, 6.07) is 0.279. The van der Waals surface area contributed by atoms with Crippen molar-refractivity contribution >= 4 is 18.5 Å². The van der Waals surface area contributed by atoms with Gasteiger partial charge in [0.2, 0.25) is 0 Å². The number of amides is 1. The highest BCUT2D eigenvalue weighted by Crippen LogP contribution is 2.21. The molecule has 1 rings (SSSR count). The van der Waals surface area contributed by atoms with Crippen LogP contribution in [0.15, 0.2) is 0 Å². The van der Waals surface area contributed by atoms with Crippen LogP contribution in [0.1, 0.15) is 32.1 Å². The number of rotatable bonds is 1. The first kappa shape index (κ1) is 11.6. The standard InChI is InChI=1S/C8H15NO2.ClH/c1-9(8(10)11)7-5-3-2-4-6-7;/h7H,2-6H2,1H3,(H,10,11);1H. The molecule has 0 saturated heterocycles. The molecule has 72 valence electrons. The van der Waals surface area contributed by atoms with Crippen LogP contribution in [0.2, 0.25) is 0 Å². The first-order chi connectivity index (χ1) is 5.22. The van der Waals surface area contributed by atoms with Crippen LogP contribution in [0.25, 0.3) is 0 Å². The van der Waals surface area contributed by atoms with Gasteiger partial charge in [-0.05, 0) is 12.8 Å². The van der Waals surface area contributed by atoms with E-state index in [0.29, 0.717) is 0 Å². The predicted molar refractivity (Wildman–Crippen MR) is 49.9 cm³/mol. The van der Waals surface area contributed by atoms with Gasteiger partial charge in [-0.2, -0.15) is 0 Å². The van der Waals surface area contributed by atoms with Crippen molar-refractivity contribution in [3.8, 4) is 0 Å². The molecule has 0 aromatic carbocycles. The number of hydrogen-bond acceptors (Lipinski definition) is 1. The maximum atomic E-state index is 10.5. The summed E-state index contributed by atoms with van der Waals surface area (Å²) >= 11 is 0. The van der Waals surface area contributed by atoms with E-state index in [9.17, 15) is 4.79 Å². The zero-order valence-electron chi connectivity index (χ0n) is 7.32. The van der Waals surface area contributed by atoms with Crippen molar-refractivity contribution in [3.63, 3.8) is 0 Å². The van der Waals surface area contributed by atoms with Crippen molar-refractivity contribution < 1.29 is 9.90 Å². The molecule has 3 nitrogen and oxygen atoms in total. The van der Waals surface area contributed by atoms with Gasteiger partial charge in [0.25, 0.3) is 0 Å². The van der Waals surface area contributed by atoms with Crippen LogP contribution < -0.4 is 0 Å². The first-order valence-corrected chi connectivity index (χ1v) is 4.17. The number of carbonyl (C=O) groups is 1. The molecule has 1 amide bonds. The summed E-state index contributed by atoms with van der Waals surface area (Å²) in [6.07, 6.45) is 4.93. The van der Waals surface area contributed by atoms with Gasteiger partial charge < -0.3 is 10.0 Å². The second-order valence-electron chi connectivity index (χ2n) is 3.19. The van der Waals surface area contributed by atoms with E-state index in [1.807, 2.05) is 0 Å². The predicted octanol–water partition coefficient (Wildman–Crippen LogP) is 2.35. The number of hydrogen-bond donors (Lipinski definition) is 1. The molecule has 0 aliphatic heterocycles. The molecule has 0 unspecified atom stereocenters. The van der Waals surface area contributed by atoms with Crippen LogP contribution >= 0.6 is 12.4 Å². The smallest absolute Gasteiger partial charge is 0.407 e. The van der Waals surface area contributed by atoms with E-state index in [2.05, 4.69) is 0 Å². The summed E-state index contributed by atoms with van der Waals surface area (Å²) in [5.74, 6) is 0. The molecule has 1 saturated carbocycles. The molecule has 1 N–H and O–H groups in total. The summed E-state index contributed by atoms with van der Waals surface area (Å²) in [4.78, 5) is 12.0. The number of nitrogens with zero attached hydrogens (tertiary/aromatic N) is 1. The van der Waals surface area contributed by atoms with Crippen LogP contribution in [0.4, 0.5) is 4.79 Å². The van der Waals surface area contributed by atoms with Gasteiger partial charge in [-0.1, -0.05) is 19.3 Å². The van der Waals surface area contributed by atoms with Gasteiger partial charge in [-0.3, -0.25) is 0 Å². The maximum Gasteiger partial charge on any atom is 0.407 e. The topological polar surface area (TPSA) is 40.5 Å². The summed E-state index contributed by atoms with van der Waals surface area (Å²) in [5, 5.41) is 8.66. The molecule has 0 atom stereocenters. The molecule has 0 radical (unpaired) electrons. The number of carboxylic acid groups (broad SMARTS) is 1. The lowest BCUT2D eigenvalue weighted by Gasteiger charge is -2.28. The molecule has 1 aliphatic rings. The SMILES string of the molecule is CN(C(=O)O)C1CCCCC1.Cl. The Labute approximate surface area is 79.2 Å². The van der Waals surface area contributed by atoms with Crippen molar-refractivity contribution in [1.82, 2.24) is 4.90 Å². The Morgan fingerprint density at radius 2 is 1.83 bits per heavy atom. The van der Waals surface area contributed by atoms with Gasteiger partial charge in [-0.25, -0.2) is 4.79 Å². The number of halogens is 1. The summed E-state index contributed by atoms with van der Waals surface area (Å²) < 4.78 is 0. The van der Waals surface area contributed by atoms with E-state index in [-0.39, 0.29) is 18.4 Å². The van der Waals surface area contributed by atoms with Gasteiger partial charge >= 0.3 is 6.09 Å². The minimum absolute atomic E-state index is 0. The molecular weight excluding hydrogens is 178 g/mol. The Hall–Kier alpha value is -0.440. The Kier molecular flexibility index (Phi) is 5.06. The lowest BCUT2D eigenvalue weighted by molar-refractivity contribution is 0.126. The summed E-state index contributed by atoms with van der Waals surface area (Å²) in [5.41, 5.74) is 0. The molecule has 0 heterocycles. The van der Waals surface area contributed by atoms with Gasteiger partial charge in [0.05, 0.1) is 0 Å². The third kappa shape index (κ3) is 2.89. The van der Waals surface area contributed by atoms with Crippen molar-refractivity contribution in [3.05, 3.63) is 0 Å². The van der Waals surface area contributed by atoms with Gasteiger partial charge in [0.1, 0.15) is 0 Å². The largest absolute Gasteiger partial charge is 0.465 e. The van der Waals surface area contributed by atoms with Gasteiger partial charge in [0.15, 0.2) is 0 Å². The van der Waals surface area contributed by atoms with Crippen LogP contribution in [0.5, 0.6) is 0 Å². The summed E-state index contributed by atoms with van der Waals surface area (Å²) in [7, 11) is 1.66. The zero-order valence-corrected chi connectivity index (χ0v) is 8.14. The first-order valence-electron chi connectivity index (χ1n) is 4.17. The van der Waals surface area contributed by atoms with Gasteiger partial charge in [0, 0.05) is 13.1 Å². The van der Waals surface area contributed by atoms with Crippen LogP contribution in [0, 0.1) is 0 Å². The van der Waals surface area contributed by atoms with Crippen LogP contribution in [-0.4, -0.2) is 29.2 Å². The second kappa shape index (κ2) is 5.25. The Morgan fingerprint density at radius 1 is 1.33 bits per heavy atom. The fourth-order valence-corrected chi connectivity index (χ4v) is 1.62. The Morgan fingerprint density at radius 3 is 2.25 bits per heavy atom. The Balaban J connectivity index is 0.00000121. The molecule has 12 heavy (non-hydrogen) atoms. The van der Waals surface area contributed by atoms with Crippen molar-refractivity contribution in [1.29, 1.82) is 0 Å². The zero-order chi connectivity index (χ0) is 8.27. The fourth-order valence-electron chi connectivity index (χ4n) is 1.62. The van der Waals surface area contributed by atoms with E-state index in [4.69, 9.17) is 5.11 Å². The Bertz CT molecular complexity index is 146. The van der Waals surface area contributed by atoms with E-state index < -0.39 is 6.09 Å². The molecule has 0 aromatic rings. The average molecular weight is 194 g/mol. The average Bonchev–Trinajstić information content (AvgIpc) is 2.05. The van der Waals surface area contributed by atoms with Gasteiger partial charge in [-0.15, -0.1) is 12.4 Å². The van der Waals surface area contributed by atoms with E-state index in [0.717, 1.165) is 12.8 Å². The lowest BCUT2D eigenvalue weighted by atomic mass is 9.95. The molecule has 0 aromatic heterocycles.